The summed E-state index contributed by atoms with van der Waals surface area (Å²) in [6.45, 7) is 1.27. The van der Waals surface area contributed by atoms with Gasteiger partial charge in [-0.25, -0.2) is 0 Å². The van der Waals surface area contributed by atoms with Crippen molar-refractivity contribution in [3.8, 4) is 5.75 Å². The molecule has 0 spiro atoms. The third-order valence-electron chi connectivity index (χ3n) is 4.70. The Balaban J connectivity index is 1.47. The average Bonchev–Trinajstić information content (AvgIpc) is 3.05. The lowest BCUT2D eigenvalue weighted by atomic mass is 9.84. The van der Waals surface area contributed by atoms with E-state index in [2.05, 4.69) is 5.32 Å². The van der Waals surface area contributed by atoms with E-state index >= 15 is 0 Å². The van der Waals surface area contributed by atoms with Gasteiger partial charge >= 0.3 is 5.97 Å². The molecule has 4 atom stereocenters. The smallest absolute Gasteiger partial charge is 0.308 e. The normalized spacial score (nSPS) is 31.4. The second kappa shape index (κ2) is 5.83. The largest absolute Gasteiger partial charge is 0.492 e. The Kier molecular flexibility index (Phi) is 3.92. The highest BCUT2D eigenvalue weighted by Gasteiger charge is 2.50. The molecule has 2 aliphatic carbocycles. The first-order valence-electron chi connectivity index (χ1n) is 7.40. The zero-order valence-corrected chi connectivity index (χ0v) is 11.5. The quantitative estimate of drug-likeness (QED) is 0.781. The van der Waals surface area contributed by atoms with Crippen molar-refractivity contribution in [2.24, 2.45) is 17.8 Å². The Morgan fingerprint density at radius 3 is 2.75 bits per heavy atom. The van der Waals surface area contributed by atoms with Gasteiger partial charge in [0.25, 0.3) is 0 Å². The van der Waals surface area contributed by atoms with Gasteiger partial charge in [-0.2, -0.15) is 0 Å². The van der Waals surface area contributed by atoms with E-state index in [9.17, 15) is 9.90 Å². The second-order valence-electron chi connectivity index (χ2n) is 5.84. The Morgan fingerprint density at radius 1 is 1.25 bits per heavy atom. The minimum Gasteiger partial charge on any atom is -0.492 e. The summed E-state index contributed by atoms with van der Waals surface area (Å²) in [4.78, 5) is 11.4. The lowest BCUT2D eigenvalue weighted by Crippen LogP contribution is -2.45. The topological polar surface area (TPSA) is 58.6 Å². The van der Waals surface area contributed by atoms with E-state index in [4.69, 9.17) is 4.74 Å². The summed E-state index contributed by atoms with van der Waals surface area (Å²) in [7, 11) is 0. The van der Waals surface area contributed by atoms with Crippen LogP contribution in [0.1, 0.15) is 19.3 Å². The summed E-state index contributed by atoms with van der Waals surface area (Å²) in [5.74, 6) is 0.934. The molecule has 4 unspecified atom stereocenters. The van der Waals surface area contributed by atoms with Crippen LogP contribution in [-0.4, -0.2) is 30.3 Å². The maximum absolute atomic E-state index is 11.4. The number of aliphatic carboxylic acids is 1. The van der Waals surface area contributed by atoms with Crippen LogP contribution in [0.5, 0.6) is 5.75 Å². The standard InChI is InChI=1S/C16H21NO3/c18-16(19)14-11-6-7-12(10-11)15(14)17-8-9-20-13-4-2-1-3-5-13/h1-5,11-12,14-15,17H,6-10H2,(H,18,19). The van der Waals surface area contributed by atoms with Crippen molar-refractivity contribution in [2.75, 3.05) is 13.2 Å². The third-order valence-corrected chi connectivity index (χ3v) is 4.70. The van der Waals surface area contributed by atoms with Gasteiger partial charge in [-0.1, -0.05) is 18.2 Å². The van der Waals surface area contributed by atoms with Gasteiger partial charge in [-0.15, -0.1) is 0 Å². The molecule has 0 aromatic heterocycles. The molecular weight excluding hydrogens is 254 g/mol. The first kappa shape index (κ1) is 13.4. The fourth-order valence-electron chi connectivity index (χ4n) is 3.85. The predicted molar refractivity (Wildman–Crippen MR) is 75.7 cm³/mol. The van der Waals surface area contributed by atoms with Crippen LogP contribution < -0.4 is 10.1 Å². The van der Waals surface area contributed by atoms with Crippen LogP contribution in [-0.2, 0) is 4.79 Å². The van der Waals surface area contributed by atoms with E-state index in [-0.39, 0.29) is 12.0 Å². The molecule has 1 aromatic rings. The van der Waals surface area contributed by atoms with Crippen LogP contribution in [0, 0.1) is 17.8 Å². The minimum atomic E-state index is -0.640. The Labute approximate surface area is 119 Å². The molecule has 1 aromatic carbocycles. The number of rotatable bonds is 6. The van der Waals surface area contributed by atoms with E-state index < -0.39 is 5.97 Å². The number of benzene rings is 1. The van der Waals surface area contributed by atoms with Crippen LogP contribution in [0.15, 0.2) is 30.3 Å². The van der Waals surface area contributed by atoms with Gasteiger partial charge in [0.1, 0.15) is 12.4 Å². The molecule has 0 heterocycles. The van der Waals surface area contributed by atoms with Crippen LogP contribution in [0.2, 0.25) is 0 Å². The van der Waals surface area contributed by atoms with Gasteiger partial charge < -0.3 is 15.2 Å². The van der Waals surface area contributed by atoms with Crippen molar-refractivity contribution >= 4 is 5.97 Å². The maximum Gasteiger partial charge on any atom is 0.308 e. The summed E-state index contributed by atoms with van der Waals surface area (Å²) in [5.41, 5.74) is 0. The predicted octanol–water partition coefficient (Wildman–Crippen LogP) is 2.15. The molecule has 2 fully saturated rings. The molecular formula is C16H21NO3. The molecule has 2 bridgehead atoms. The van der Waals surface area contributed by atoms with Gasteiger partial charge in [0.15, 0.2) is 0 Å². The van der Waals surface area contributed by atoms with Crippen molar-refractivity contribution in [1.82, 2.24) is 5.32 Å². The van der Waals surface area contributed by atoms with Crippen LogP contribution in [0.25, 0.3) is 0 Å². The molecule has 2 saturated carbocycles. The van der Waals surface area contributed by atoms with E-state index in [0.717, 1.165) is 18.6 Å². The van der Waals surface area contributed by atoms with Crippen LogP contribution in [0.4, 0.5) is 0 Å². The highest BCUT2D eigenvalue weighted by molar-refractivity contribution is 5.72. The summed E-state index contributed by atoms with van der Waals surface area (Å²) in [6, 6.07) is 9.83. The first-order valence-corrected chi connectivity index (χ1v) is 7.40. The number of para-hydroxylation sites is 1. The highest BCUT2D eigenvalue weighted by Crippen LogP contribution is 2.48. The van der Waals surface area contributed by atoms with Crippen molar-refractivity contribution in [2.45, 2.75) is 25.3 Å². The number of nitrogens with one attached hydrogen (secondary N) is 1. The highest BCUT2D eigenvalue weighted by atomic mass is 16.5. The number of carbonyl (C=O) groups is 1. The van der Waals surface area contributed by atoms with E-state index in [1.165, 1.54) is 6.42 Å². The first-order chi connectivity index (χ1) is 9.75. The fraction of sp³-hybridized carbons (Fsp3) is 0.562. The number of fused-ring (bicyclic) bond motifs is 2. The Bertz CT molecular complexity index is 462. The van der Waals surface area contributed by atoms with Gasteiger partial charge in [0.05, 0.1) is 5.92 Å². The summed E-state index contributed by atoms with van der Waals surface area (Å²) < 4.78 is 5.63. The average molecular weight is 275 g/mol. The second-order valence-corrected chi connectivity index (χ2v) is 5.84. The zero-order chi connectivity index (χ0) is 13.9. The number of carboxylic acid groups (broad SMARTS) is 1. The number of carboxylic acids is 1. The number of hydrogen-bond donors (Lipinski definition) is 2. The van der Waals surface area contributed by atoms with Crippen molar-refractivity contribution < 1.29 is 14.6 Å². The van der Waals surface area contributed by atoms with E-state index in [1.54, 1.807) is 0 Å². The molecule has 3 rings (SSSR count). The zero-order valence-electron chi connectivity index (χ0n) is 11.5. The van der Waals surface area contributed by atoms with Gasteiger partial charge in [-0.05, 0) is 43.2 Å². The Morgan fingerprint density at radius 2 is 2.00 bits per heavy atom. The van der Waals surface area contributed by atoms with Crippen molar-refractivity contribution in [1.29, 1.82) is 0 Å². The van der Waals surface area contributed by atoms with Gasteiger partial charge in [-0.3, -0.25) is 4.79 Å². The third kappa shape index (κ3) is 2.66. The van der Waals surface area contributed by atoms with Crippen molar-refractivity contribution in [3.63, 3.8) is 0 Å². The summed E-state index contributed by atoms with van der Waals surface area (Å²) in [5, 5.41) is 12.8. The van der Waals surface area contributed by atoms with E-state index in [0.29, 0.717) is 25.0 Å². The number of ether oxygens (including phenoxy) is 1. The van der Waals surface area contributed by atoms with Crippen molar-refractivity contribution in [3.05, 3.63) is 30.3 Å². The molecule has 0 amide bonds. The molecule has 2 N–H and O–H groups in total. The van der Waals surface area contributed by atoms with Crippen LogP contribution in [0.3, 0.4) is 0 Å². The lowest BCUT2D eigenvalue weighted by molar-refractivity contribution is -0.144. The summed E-state index contributed by atoms with van der Waals surface area (Å²) in [6.07, 6.45) is 3.33. The monoisotopic (exact) mass is 275 g/mol. The molecule has 0 radical (unpaired) electrons. The molecule has 4 nitrogen and oxygen atoms in total. The fourth-order valence-corrected chi connectivity index (χ4v) is 3.85. The molecule has 2 aliphatic rings. The molecule has 20 heavy (non-hydrogen) atoms. The van der Waals surface area contributed by atoms with Gasteiger partial charge in [0.2, 0.25) is 0 Å². The molecule has 0 saturated heterocycles. The maximum atomic E-state index is 11.4. The van der Waals surface area contributed by atoms with Gasteiger partial charge in [0, 0.05) is 12.6 Å². The molecule has 108 valence electrons. The number of hydrogen-bond acceptors (Lipinski definition) is 3. The molecule has 4 heteroatoms. The van der Waals surface area contributed by atoms with E-state index in [1.807, 2.05) is 30.3 Å². The molecule has 0 aliphatic heterocycles. The lowest BCUT2D eigenvalue weighted by Gasteiger charge is -2.29. The summed E-state index contributed by atoms with van der Waals surface area (Å²) >= 11 is 0. The Hall–Kier alpha value is -1.55. The van der Waals surface area contributed by atoms with Crippen LogP contribution >= 0.6 is 0 Å². The minimum absolute atomic E-state index is 0.130. The SMILES string of the molecule is O=C(O)C1C2CCC(C2)C1NCCOc1ccccc1.